The van der Waals surface area contributed by atoms with E-state index in [1.165, 1.54) is 0 Å². The summed E-state index contributed by atoms with van der Waals surface area (Å²) in [5, 5.41) is 14.9. The summed E-state index contributed by atoms with van der Waals surface area (Å²) in [5.74, 6) is -3.00. The molecule has 0 bridgehead atoms. The highest BCUT2D eigenvalue weighted by Gasteiger charge is 2.34. The number of carbonyl (C=O) groups excluding carboxylic acids is 2. The van der Waals surface area contributed by atoms with Crippen LogP contribution in [0.25, 0.3) is 0 Å². The quantitative estimate of drug-likeness (QED) is 0.692. The maximum atomic E-state index is 12.6. The minimum absolute atomic E-state index is 0.0242. The molecular weight excluding hydrogens is 320 g/mol. The van der Waals surface area contributed by atoms with Crippen LogP contribution in [0.4, 0.5) is 5.69 Å². The van der Waals surface area contributed by atoms with Crippen LogP contribution >= 0.6 is 0 Å². The third kappa shape index (κ3) is 4.68. The molecule has 1 aliphatic rings. The molecule has 0 fully saturated rings. The molecule has 0 saturated heterocycles. The van der Waals surface area contributed by atoms with Crippen molar-refractivity contribution >= 4 is 23.5 Å². The number of carboxylic acid groups (broad SMARTS) is 1. The van der Waals surface area contributed by atoms with Gasteiger partial charge >= 0.3 is 5.97 Å². The van der Waals surface area contributed by atoms with Crippen LogP contribution in [0.1, 0.15) is 43.5 Å². The first-order valence-electron chi connectivity index (χ1n) is 8.52. The molecular formula is C19H24N2O4. The summed E-state index contributed by atoms with van der Waals surface area (Å²) in [6.07, 6.45) is 5.13. The van der Waals surface area contributed by atoms with Crippen molar-refractivity contribution in [2.24, 2.45) is 11.8 Å². The molecule has 0 unspecified atom stereocenters. The molecule has 6 nitrogen and oxygen atoms in total. The number of carbonyl (C=O) groups is 3. The third-order valence-corrected chi connectivity index (χ3v) is 4.51. The minimum atomic E-state index is -0.979. The van der Waals surface area contributed by atoms with E-state index in [1.807, 2.05) is 19.9 Å². The number of allylic oxidation sites excluding steroid dienone is 2. The van der Waals surface area contributed by atoms with E-state index in [4.69, 9.17) is 0 Å². The van der Waals surface area contributed by atoms with Gasteiger partial charge in [0.15, 0.2) is 0 Å². The molecule has 2 rings (SSSR count). The zero-order valence-corrected chi connectivity index (χ0v) is 14.5. The van der Waals surface area contributed by atoms with Gasteiger partial charge in [-0.3, -0.25) is 14.4 Å². The fourth-order valence-corrected chi connectivity index (χ4v) is 2.80. The number of amides is 2. The van der Waals surface area contributed by atoms with Gasteiger partial charge in [-0.1, -0.05) is 31.2 Å². The van der Waals surface area contributed by atoms with Crippen LogP contribution in [0.3, 0.4) is 0 Å². The highest BCUT2D eigenvalue weighted by molar-refractivity contribution is 6.04. The van der Waals surface area contributed by atoms with Crippen molar-refractivity contribution in [2.75, 3.05) is 5.32 Å². The zero-order chi connectivity index (χ0) is 18.4. The Labute approximate surface area is 147 Å². The van der Waals surface area contributed by atoms with E-state index in [1.54, 1.807) is 30.3 Å². The Morgan fingerprint density at radius 2 is 1.80 bits per heavy atom. The summed E-state index contributed by atoms with van der Waals surface area (Å²) >= 11 is 0. The largest absolute Gasteiger partial charge is 0.481 e. The second-order valence-corrected chi connectivity index (χ2v) is 6.31. The lowest BCUT2D eigenvalue weighted by molar-refractivity contribution is -0.146. The lowest BCUT2D eigenvalue weighted by atomic mass is 9.82. The normalized spacial score (nSPS) is 20.6. The van der Waals surface area contributed by atoms with Gasteiger partial charge in [0.25, 0.3) is 5.91 Å². The SMILES string of the molecule is CC[C@H](C)NC(=O)c1ccccc1NC(=O)[C@H]1CC=CC[C@@H]1C(=O)O. The molecule has 134 valence electrons. The van der Waals surface area contributed by atoms with Gasteiger partial charge < -0.3 is 15.7 Å². The first kappa shape index (κ1) is 18.7. The Morgan fingerprint density at radius 3 is 2.44 bits per heavy atom. The van der Waals surface area contributed by atoms with Gasteiger partial charge in [0, 0.05) is 6.04 Å². The van der Waals surface area contributed by atoms with Gasteiger partial charge in [-0.2, -0.15) is 0 Å². The van der Waals surface area contributed by atoms with Crippen molar-refractivity contribution in [3.05, 3.63) is 42.0 Å². The van der Waals surface area contributed by atoms with Crippen molar-refractivity contribution in [1.29, 1.82) is 0 Å². The zero-order valence-electron chi connectivity index (χ0n) is 14.5. The second kappa shape index (κ2) is 8.46. The average molecular weight is 344 g/mol. The molecule has 3 atom stereocenters. The predicted octanol–water partition coefficient (Wildman–Crippen LogP) is 2.82. The predicted molar refractivity (Wildman–Crippen MR) is 95.3 cm³/mol. The summed E-state index contributed by atoms with van der Waals surface area (Å²) < 4.78 is 0. The topological polar surface area (TPSA) is 95.5 Å². The van der Waals surface area contributed by atoms with Crippen LogP contribution in [0.15, 0.2) is 36.4 Å². The number of anilines is 1. The van der Waals surface area contributed by atoms with Gasteiger partial charge in [-0.05, 0) is 38.3 Å². The number of rotatable bonds is 6. The molecule has 0 saturated carbocycles. The summed E-state index contributed by atoms with van der Waals surface area (Å²) in [4.78, 5) is 36.4. The van der Waals surface area contributed by atoms with Gasteiger partial charge in [0.05, 0.1) is 23.1 Å². The first-order chi connectivity index (χ1) is 11.9. The standard InChI is InChI=1S/C19H24N2O4/c1-3-12(2)20-18(23)15-10-6-7-11-16(15)21-17(22)13-8-4-5-9-14(13)19(24)25/h4-7,10-14H,3,8-9H2,1-2H3,(H,20,23)(H,21,22)(H,24,25)/t12-,13-,14-/m0/s1. The van der Waals surface area contributed by atoms with Crippen molar-refractivity contribution in [2.45, 2.75) is 39.2 Å². The Hall–Kier alpha value is -2.63. The molecule has 1 aliphatic carbocycles. The number of benzene rings is 1. The lowest BCUT2D eigenvalue weighted by Crippen LogP contribution is -2.36. The van der Waals surface area contributed by atoms with Crippen molar-refractivity contribution in [3.8, 4) is 0 Å². The van der Waals surface area contributed by atoms with E-state index >= 15 is 0 Å². The van der Waals surface area contributed by atoms with E-state index in [0.717, 1.165) is 6.42 Å². The molecule has 1 aromatic rings. The van der Waals surface area contributed by atoms with Gasteiger partial charge in [0.2, 0.25) is 5.91 Å². The monoisotopic (exact) mass is 344 g/mol. The fourth-order valence-electron chi connectivity index (χ4n) is 2.80. The van der Waals surface area contributed by atoms with Crippen molar-refractivity contribution in [1.82, 2.24) is 5.32 Å². The number of carboxylic acids is 1. The summed E-state index contributed by atoms with van der Waals surface area (Å²) in [6.45, 7) is 3.88. The highest BCUT2D eigenvalue weighted by Crippen LogP contribution is 2.28. The van der Waals surface area contributed by atoms with Crippen LogP contribution < -0.4 is 10.6 Å². The molecule has 6 heteroatoms. The first-order valence-corrected chi connectivity index (χ1v) is 8.52. The van der Waals surface area contributed by atoms with Gasteiger partial charge in [0.1, 0.15) is 0 Å². The van der Waals surface area contributed by atoms with Gasteiger partial charge in [-0.15, -0.1) is 0 Å². The smallest absolute Gasteiger partial charge is 0.307 e. The average Bonchev–Trinajstić information content (AvgIpc) is 2.61. The second-order valence-electron chi connectivity index (χ2n) is 6.31. The van der Waals surface area contributed by atoms with E-state index in [-0.39, 0.29) is 17.9 Å². The number of nitrogens with one attached hydrogen (secondary N) is 2. The van der Waals surface area contributed by atoms with Crippen LogP contribution in [-0.4, -0.2) is 28.9 Å². The number of hydrogen-bond acceptors (Lipinski definition) is 3. The van der Waals surface area contributed by atoms with Crippen LogP contribution in [0.5, 0.6) is 0 Å². The molecule has 0 heterocycles. The molecule has 25 heavy (non-hydrogen) atoms. The van der Waals surface area contributed by atoms with Crippen molar-refractivity contribution < 1.29 is 19.5 Å². The highest BCUT2D eigenvalue weighted by atomic mass is 16.4. The molecule has 0 aliphatic heterocycles. The fraction of sp³-hybridized carbons (Fsp3) is 0.421. The maximum absolute atomic E-state index is 12.6. The van der Waals surface area contributed by atoms with E-state index < -0.39 is 17.8 Å². The summed E-state index contributed by atoms with van der Waals surface area (Å²) in [5.41, 5.74) is 0.765. The van der Waals surface area contributed by atoms with E-state index in [2.05, 4.69) is 10.6 Å². The van der Waals surface area contributed by atoms with E-state index in [9.17, 15) is 19.5 Å². The van der Waals surface area contributed by atoms with Gasteiger partial charge in [-0.25, -0.2) is 0 Å². The number of hydrogen-bond donors (Lipinski definition) is 3. The Kier molecular flexibility index (Phi) is 6.33. The molecule has 0 spiro atoms. The minimum Gasteiger partial charge on any atom is -0.481 e. The number of para-hydroxylation sites is 1. The molecule has 2 amide bonds. The molecule has 0 aromatic heterocycles. The Balaban J connectivity index is 2.17. The lowest BCUT2D eigenvalue weighted by Gasteiger charge is -2.24. The summed E-state index contributed by atoms with van der Waals surface area (Å²) in [6, 6.07) is 6.77. The Bertz CT molecular complexity index is 684. The third-order valence-electron chi connectivity index (χ3n) is 4.51. The Morgan fingerprint density at radius 1 is 1.16 bits per heavy atom. The molecule has 1 aromatic carbocycles. The number of aliphatic carboxylic acids is 1. The van der Waals surface area contributed by atoms with Crippen molar-refractivity contribution in [3.63, 3.8) is 0 Å². The van der Waals surface area contributed by atoms with Crippen LogP contribution in [0, 0.1) is 11.8 Å². The molecule has 0 radical (unpaired) electrons. The van der Waals surface area contributed by atoms with E-state index in [0.29, 0.717) is 24.1 Å². The van der Waals surface area contributed by atoms with Crippen LogP contribution in [-0.2, 0) is 9.59 Å². The maximum Gasteiger partial charge on any atom is 0.307 e. The molecule has 3 N–H and O–H groups in total. The van der Waals surface area contributed by atoms with Crippen LogP contribution in [0.2, 0.25) is 0 Å². The summed E-state index contributed by atoms with van der Waals surface area (Å²) in [7, 11) is 0.